The Morgan fingerprint density at radius 2 is 2.31 bits per heavy atom. The van der Waals surface area contributed by atoms with Crippen molar-refractivity contribution in [2.75, 3.05) is 6.61 Å². The van der Waals surface area contributed by atoms with Gasteiger partial charge in [-0.2, -0.15) is 0 Å². The maximum Gasteiger partial charge on any atom is 1.00 e. The minimum absolute atomic E-state index is 0. The molecule has 0 amide bonds. The summed E-state index contributed by atoms with van der Waals surface area (Å²) in [4.78, 5) is 10.3. The smallest absolute Gasteiger partial charge is 0.547 e. The number of aliphatic carboxylic acids is 1. The molecule has 0 aliphatic carbocycles. The van der Waals surface area contributed by atoms with E-state index in [9.17, 15) is 9.90 Å². The molecule has 2 atom stereocenters. The Morgan fingerprint density at radius 1 is 1.62 bits per heavy atom. The summed E-state index contributed by atoms with van der Waals surface area (Å²) in [5, 5.41) is 10.3. The van der Waals surface area contributed by atoms with Crippen LogP contribution in [0.4, 0.5) is 0 Å². The molecule has 1 saturated heterocycles. The standard InChI is InChI=1S/C8H14O4.Li/c1-6(8(9)10)12-7-4-2-3-5-11-7;/h6-7H,2-5H2,1H3,(H,9,10);/q;+1/p-1. The predicted molar refractivity (Wildman–Crippen MR) is 39.1 cm³/mol. The van der Waals surface area contributed by atoms with E-state index in [0.717, 1.165) is 19.3 Å². The van der Waals surface area contributed by atoms with E-state index < -0.39 is 12.1 Å². The number of hydrogen-bond acceptors (Lipinski definition) is 4. The summed E-state index contributed by atoms with van der Waals surface area (Å²) in [7, 11) is 0. The normalized spacial score (nSPS) is 24.5. The minimum atomic E-state index is -1.19. The Balaban J connectivity index is 0.00000144. The van der Waals surface area contributed by atoms with Crippen LogP contribution in [0.5, 0.6) is 0 Å². The van der Waals surface area contributed by atoms with Gasteiger partial charge in [-0.25, -0.2) is 0 Å². The summed E-state index contributed by atoms with van der Waals surface area (Å²) in [6.07, 6.45) is 1.60. The quantitative estimate of drug-likeness (QED) is 0.426. The Bertz CT molecular complexity index is 156. The fraction of sp³-hybridized carbons (Fsp3) is 0.875. The van der Waals surface area contributed by atoms with Crippen LogP contribution in [0.1, 0.15) is 26.2 Å². The van der Waals surface area contributed by atoms with Crippen LogP contribution in [0.15, 0.2) is 0 Å². The molecule has 1 aliphatic heterocycles. The Labute approximate surface area is 89.8 Å². The third-order valence-corrected chi connectivity index (χ3v) is 1.83. The van der Waals surface area contributed by atoms with Gasteiger partial charge in [0.1, 0.15) is 0 Å². The zero-order valence-electron chi connectivity index (χ0n) is 8.12. The topological polar surface area (TPSA) is 58.6 Å². The van der Waals surface area contributed by atoms with E-state index in [2.05, 4.69) is 0 Å². The van der Waals surface area contributed by atoms with Crippen molar-refractivity contribution >= 4 is 5.97 Å². The van der Waals surface area contributed by atoms with Crippen molar-refractivity contribution in [3.63, 3.8) is 0 Å². The van der Waals surface area contributed by atoms with E-state index in [-0.39, 0.29) is 25.2 Å². The van der Waals surface area contributed by atoms with E-state index in [1.165, 1.54) is 6.92 Å². The summed E-state index contributed by atoms with van der Waals surface area (Å²) >= 11 is 0. The first kappa shape index (κ1) is 13.0. The Hall–Kier alpha value is -0.0126. The fourth-order valence-corrected chi connectivity index (χ4v) is 1.10. The van der Waals surface area contributed by atoms with Gasteiger partial charge in [0, 0.05) is 6.61 Å². The van der Waals surface area contributed by atoms with Crippen LogP contribution in [-0.4, -0.2) is 25.0 Å². The summed E-state index contributed by atoms with van der Waals surface area (Å²) in [6.45, 7) is 2.11. The first-order valence-corrected chi connectivity index (χ1v) is 4.18. The summed E-state index contributed by atoms with van der Waals surface area (Å²) in [5.41, 5.74) is 0. The molecule has 0 aromatic carbocycles. The number of carboxylic acid groups (broad SMARTS) is 1. The molecule has 1 heterocycles. The molecular formula is C8H13LiO4. The SMILES string of the molecule is CC(OC1CCCCO1)C(=O)[O-].[Li+]. The van der Waals surface area contributed by atoms with E-state index in [4.69, 9.17) is 9.47 Å². The van der Waals surface area contributed by atoms with Crippen molar-refractivity contribution in [1.82, 2.24) is 0 Å². The van der Waals surface area contributed by atoms with Gasteiger partial charge in [0.15, 0.2) is 6.29 Å². The molecule has 1 aliphatic rings. The van der Waals surface area contributed by atoms with Gasteiger partial charge >= 0.3 is 18.9 Å². The molecule has 4 nitrogen and oxygen atoms in total. The molecule has 0 spiro atoms. The average Bonchev–Trinajstić information content (AvgIpc) is 2.06. The number of carbonyl (C=O) groups excluding carboxylic acids is 1. The van der Waals surface area contributed by atoms with Gasteiger partial charge in [0.25, 0.3) is 0 Å². The molecule has 0 bridgehead atoms. The Morgan fingerprint density at radius 3 is 2.77 bits per heavy atom. The molecule has 0 radical (unpaired) electrons. The van der Waals surface area contributed by atoms with Gasteiger partial charge in [0.2, 0.25) is 0 Å². The number of ether oxygens (including phenoxy) is 2. The molecule has 1 rings (SSSR count). The van der Waals surface area contributed by atoms with Gasteiger partial charge in [-0.3, -0.25) is 0 Å². The second-order valence-electron chi connectivity index (χ2n) is 2.89. The molecule has 0 aromatic heterocycles. The van der Waals surface area contributed by atoms with Crippen LogP contribution in [0.2, 0.25) is 0 Å². The molecule has 5 heteroatoms. The maximum atomic E-state index is 10.3. The number of carboxylic acids is 1. The number of rotatable bonds is 3. The van der Waals surface area contributed by atoms with Crippen LogP contribution < -0.4 is 24.0 Å². The van der Waals surface area contributed by atoms with Crippen molar-refractivity contribution in [3.8, 4) is 0 Å². The van der Waals surface area contributed by atoms with Crippen molar-refractivity contribution in [3.05, 3.63) is 0 Å². The molecule has 13 heavy (non-hydrogen) atoms. The van der Waals surface area contributed by atoms with Crippen molar-refractivity contribution in [2.24, 2.45) is 0 Å². The predicted octanol–water partition coefficient (Wildman–Crippen LogP) is -3.33. The molecule has 1 fully saturated rings. The molecular weight excluding hydrogens is 167 g/mol. The first-order chi connectivity index (χ1) is 5.70. The van der Waals surface area contributed by atoms with Gasteiger partial charge in [-0.1, -0.05) is 0 Å². The summed E-state index contributed by atoms with van der Waals surface area (Å²) < 4.78 is 10.3. The van der Waals surface area contributed by atoms with Crippen molar-refractivity contribution in [2.45, 2.75) is 38.6 Å². The molecule has 70 valence electrons. The van der Waals surface area contributed by atoms with Gasteiger partial charge in [-0.15, -0.1) is 0 Å². The summed E-state index contributed by atoms with van der Waals surface area (Å²) in [5.74, 6) is -1.19. The fourth-order valence-electron chi connectivity index (χ4n) is 1.10. The van der Waals surface area contributed by atoms with Crippen molar-refractivity contribution in [1.29, 1.82) is 0 Å². The second-order valence-corrected chi connectivity index (χ2v) is 2.89. The number of hydrogen-bond donors (Lipinski definition) is 0. The summed E-state index contributed by atoms with van der Waals surface area (Å²) in [6, 6.07) is 0. The zero-order valence-corrected chi connectivity index (χ0v) is 8.12. The molecule has 0 saturated carbocycles. The average molecular weight is 180 g/mol. The van der Waals surface area contributed by atoms with E-state index in [1.807, 2.05) is 0 Å². The van der Waals surface area contributed by atoms with E-state index in [1.54, 1.807) is 0 Å². The first-order valence-electron chi connectivity index (χ1n) is 4.18. The minimum Gasteiger partial charge on any atom is -0.547 e. The van der Waals surface area contributed by atoms with Crippen molar-refractivity contribution < 1.29 is 38.2 Å². The van der Waals surface area contributed by atoms with Crippen LogP contribution in [-0.2, 0) is 14.3 Å². The monoisotopic (exact) mass is 180 g/mol. The third kappa shape index (κ3) is 4.68. The van der Waals surface area contributed by atoms with Gasteiger partial charge < -0.3 is 19.4 Å². The molecule has 0 N–H and O–H groups in total. The van der Waals surface area contributed by atoms with Gasteiger partial charge in [0.05, 0.1) is 12.1 Å². The maximum absolute atomic E-state index is 10.3. The van der Waals surface area contributed by atoms with E-state index >= 15 is 0 Å². The van der Waals surface area contributed by atoms with Crippen LogP contribution in [0.25, 0.3) is 0 Å². The Kier molecular flexibility index (Phi) is 6.44. The van der Waals surface area contributed by atoms with E-state index in [0.29, 0.717) is 6.61 Å². The zero-order chi connectivity index (χ0) is 8.97. The van der Waals surface area contributed by atoms with Crippen LogP contribution in [0.3, 0.4) is 0 Å². The third-order valence-electron chi connectivity index (χ3n) is 1.83. The van der Waals surface area contributed by atoms with Crippen LogP contribution >= 0.6 is 0 Å². The largest absolute Gasteiger partial charge is 1.00 e. The molecule has 0 aromatic rings. The number of carbonyl (C=O) groups is 1. The molecule has 2 unspecified atom stereocenters. The van der Waals surface area contributed by atoms with Gasteiger partial charge in [-0.05, 0) is 26.2 Å². The second kappa shape index (κ2) is 6.44. The van der Waals surface area contributed by atoms with Crippen LogP contribution in [0, 0.1) is 0 Å².